The summed E-state index contributed by atoms with van der Waals surface area (Å²) < 4.78 is 0. The van der Waals surface area contributed by atoms with Gasteiger partial charge in [0.15, 0.2) is 0 Å². The molecule has 0 nitrogen and oxygen atoms in total. The van der Waals surface area contributed by atoms with Crippen molar-refractivity contribution in [2.75, 3.05) is 0 Å². The van der Waals surface area contributed by atoms with Gasteiger partial charge in [0, 0.05) is 0 Å². The van der Waals surface area contributed by atoms with Crippen LogP contribution in [0, 0.1) is 13.8 Å². The van der Waals surface area contributed by atoms with Crippen molar-refractivity contribution in [2.45, 2.75) is 27.7 Å². The summed E-state index contributed by atoms with van der Waals surface area (Å²) >= 11 is 0. The van der Waals surface area contributed by atoms with Gasteiger partial charge >= 0.3 is 0 Å². The maximum Gasteiger partial charge on any atom is -0.0109 e. The Morgan fingerprint density at radius 3 is 2.20 bits per heavy atom. The van der Waals surface area contributed by atoms with Gasteiger partial charge in [0.1, 0.15) is 0 Å². The van der Waals surface area contributed by atoms with Gasteiger partial charge in [0.2, 0.25) is 0 Å². The minimum absolute atomic E-state index is 1.04. The van der Waals surface area contributed by atoms with E-state index in [9.17, 15) is 0 Å². The predicted octanol–water partition coefficient (Wildman–Crippen LogP) is 4.12. The number of hydrogen-bond donors (Lipinski definition) is 0. The van der Waals surface area contributed by atoms with Crippen molar-refractivity contribution in [3.05, 3.63) is 82.2 Å². The van der Waals surface area contributed by atoms with E-state index in [1.54, 1.807) is 0 Å². The van der Waals surface area contributed by atoms with Crippen LogP contribution in [0.25, 0.3) is 12.2 Å². The van der Waals surface area contributed by atoms with Crippen LogP contribution < -0.4 is 10.4 Å². The number of allylic oxidation sites excluding steroid dienone is 1. The topological polar surface area (TPSA) is 0 Å². The Balaban J connectivity index is 0.000000956. The molecule has 0 radical (unpaired) electrons. The maximum atomic E-state index is 4.10. The molecule has 0 N–H and O–H groups in total. The van der Waals surface area contributed by atoms with E-state index in [2.05, 4.69) is 51.3 Å². The highest BCUT2D eigenvalue weighted by Crippen LogP contribution is 2.19. The minimum Gasteiger partial charge on any atom is -0.0984 e. The molecule has 0 aromatic heterocycles. The van der Waals surface area contributed by atoms with E-state index >= 15 is 0 Å². The molecule has 0 heterocycles. The summed E-state index contributed by atoms with van der Waals surface area (Å²) in [5.74, 6) is 0. The van der Waals surface area contributed by atoms with Crippen LogP contribution in [-0.2, 0) is 0 Å². The van der Waals surface area contributed by atoms with Crippen molar-refractivity contribution in [1.82, 2.24) is 0 Å². The SMILES string of the molecule is C=C/C(c1cccc(C)c1C)=c1/ccccc1=C.CC. The zero-order chi connectivity index (χ0) is 15.1. The Bertz CT molecular complexity index is 690. The van der Waals surface area contributed by atoms with Crippen molar-refractivity contribution >= 4 is 12.2 Å². The summed E-state index contributed by atoms with van der Waals surface area (Å²) in [6.45, 7) is 16.3. The lowest BCUT2D eigenvalue weighted by Crippen LogP contribution is -2.25. The summed E-state index contributed by atoms with van der Waals surface area (Å²) in [5, 5.41) is 2.19. The largest absolute Gasteiger partial charge is 0.0984 e. The van der Waals surface area contributed by atoms with Gasteiger partial charge in [-0.3, -0.25) is 0 Å². The second-order valence-electron chi connectivity index (χ2n) is 4.52. The molecule has 0 unspecified atom stereocenters. The highest BCUT2D eigenvalue weighted by molar-refractivity contribution is 5.75. The van der Waals surface area contributed by atoms with Crippen LogP contribution in [0.15, 0.2) is 55.1 Å². The Kier molecular flexibility index (Phi) is 5.99. The summed E-state index contributed by atoms with van der Waals surface area (Å²) in [5.41, 5.74) is 4.99. The lowest BCUT2D eigenvalue weighted by Gasteiger charge is -2.10. The Hall–Kier alpha value is -2.08. The first-order valence-corrected chi connectivity index (χ1v) is 7.12. The van der Waals surface area contributed by atoms with Crippen molar-refractivity contribution in [3.8, 4) is 0 Å². The van der Waals surface area contributed by atoms with E-state index in [1.807, 2.05) is 38.1 Å². The molecule has 104 valence electrons. The van der Waals surface area contributed by atoms with E-state index < -0.39 is 0 Å². The molecule has 0 fully saturated rings. The van der Waals surface area contributed by atoms with Gasteiger partial charge in [-0.15, -0.1) is 0 Å². The second-order valence-corrected chi connectivity index (χ2v) is 4.52. The quantitative estimate of drug-likeness (QED) is 0.765. The van der Waals surface area contributed by atoms with Gasteiger partial charge in [-0.2, -0.15) is 0 Å². The number of hydrogen-bond acceptors (Lipinski definition) is 0. The summed E-state index contributed by atoms with van der Waals surface area (Å²) in [6, 6.07) is 14.5. The zero-order valence-corrected chi connectivity index (χ0v) is 13.0. The van der Waals surface area contributed by atoms with Crippen LogP contribution in [0.2, 0.25) is 0 Å². The molecule has 2 aromatic rings. The molecule has 0 aliphatic rings. The third-order valence-electron chi connectivity index (χ3n) is 3.41. The van der Waals surface area contributed by atoms with E-state index in [4.69, 9.17) is 0 Å². The smallest absolute Gasteiger partial charge is 0.0109 e. The molecule has 0 amide bonds. The van der Waals surface area contributed by atoms with Crippen LogP contribution in [0.5, 0.6) is 0 Å². The fraction of sp³-hybridized carbons (Fsp3) is 0.200. The lowest BCUT2D eigenvalue weighted by atomic mass is 9.95. The minimum atomic E-state index is 1.04. The molecule has 2 rings (SSSR count). The Morgan fingerprint density at radius 1 is 0.950 bits per heavy atom. The van der Waals surface area contributed by atoms with E-state index in [-0.39, 0.29) is 0 Å². The van der Waals surface area contributed by atoms with Crippen LogP contribution in [0.4, 0.5) is 0 Å². The van der Waals surface area contributed by atoms with Crippen molar-refractivity contribution < 1.29 is 0 Å². The molecule has 0 heteroatoms. The van der Waals surface area contributed by atoms with Gasteiger partial charge in [-0.1, -0.05) is 75.5 Å². The molecular weight excluding hydrogens is 240 g/mol. The van der Waals surface area contributed by atoms with Gasteiger partial charge in [0.05, 0.1) is 0 Å². The second kappa shape index (κ2) is 7.49. The Labute approximate surface area is 122 Å². The summed E-state index contributed by atoms with van der Waals surface area (Å²) in [6.07, 6.45) is 1.92. The van der Waals surface area contributed by atoms with E-state index in [0.29, 0.717) is 0 Å². The van der Waals surface area contributed by atoms with Gasteiger partial charge < -0.3 is 0 Å². The molecule has 2 aromatic carbocycles. The normalized spacial score (nSPS) is 11.2. The average Bonchev–Trinajstić information content (AvgIpc) is 2.48. The fourth-order valence-electron chi connectivity index (χ4n) is 2.19. The zero-order valence-electron chi connectivity index (χ0n) is 13.0. The molecule has 20 heavy (non-hydrogen) atoms. The number of rotatable bonds is 2. The number of benzene rings is 2. The third-order valence-corrected chi connectivity index (χ3v) is 3.41. The van der Waals surface area contributed by atoms with E-state index in [0.717, 1.165) is 16.0 Å². The van der Waals surface area contributed by atoms with Crippen LogP contribution >= 0.6 is 0 Å². The van der Waals surface area contributed by atoms with Crippen LogP contribution in [0.1, 0.15) is 30.5 Å². The highest BCUT2D eigenvalue weighted by atomic mass is 14.1. The first-order chi connectivity index (χ1) is 9.65. The number of aryl methyl sites for hydroxylation is 1. The molecule has 0 bridgehead atoms. The Morgan fingerprint density at radius 2 is 1.60 bits per heavy atom. The van der Waals surface area contributed by atoms with Gasteiger partial charge in [-0.25, -0.2) is 0 Å². The maximum absolute atomic E-state index is 4.10. The van der Waals surface area contributed by atoms with Gasteiger partial charge in [0.25, 0.3) is 0 Å². The first kappa shape index (κ1) is 16.0. The molecule has 0 saturated heterocycles. The molecule has 0 saturated carbocycles. The summed E-state index contributed by atoms with van der Waals surface area (Å²) in [7, 11) is 0. The fourth-order valence-corrected chi connectivity index (χ4v) is 2.19. The molecular formula is C20H24. The molecule has 0 spiro atoms. The standard InChI is InChI=1S/C18H18.C2H6/c1-5-16(17-11-7-6-9-14(17)3)18-12-8-10-13(2)15(18)4;1-2/h5-12H,1,3H2,2,4H3;1-2H3/b17-16+;. The van der Waals surface area contributed by atoms with Crippen LogP contribution in [-0.4, -0.2) is 0 Å². The molecule has 0 atom stereocenters. The summed E-state index contributed by atoms with van der Waals surface area (Å²) in [4.78, 5) is 0. The lowest BCUT2D eigenvalue weighted by molar-refractivity contribution is 1.31. The first-order valence-electron chi connectivity index (χ1n) is 7.12. The average molecular weight is 264 g/mol. The third kappa shape index (κ3) is 3.27. The van der Waals surface area contributed by atoms with Crippen molar-refractivity contribution in [1.29, 1.82) is 0 Å². The van der Waals surface area contributed by atoms with Crippen LogP contribution in [0.3, 0.4) is 0 Å². The predicted molar refractivity (Wildman–Crippen MR) is 91.2 cm³/mol. The van der Waals surface area contributed by atoms with Gasteiger partial charge in [-0.05, 0) is 46.5 Å². The molecule has 0 aliphatic carbocycles. The van der Waals surface area contributed by atoms with Crippen molar-refractivity contribution in [2.24, 2.45) is 0 Å². The van der Waals surface area contributed by atoms with Crippen molar-refractivity contribution in [3.63, 3.8) is 0 Å². The monoisotopic (exact) mass is 264 g/mol. The molecule has 0 aliphatic heterocycles. The van der Waals surface area contributed by atoms with E-state index in [1.165, 1.54) is 16.7 Å². The highest BCUT2D eigenvalue weighted by Gasteiger charge is 2.04.